The van der Waals surface area contributed by atoms with Gasteiger partial charge in [0.1, 0.15) is 0 Å². The van der Waals surface area contributed by atoms with Gasteiger partial charge in [-0.15, -0.1) is 0 Å². The Labute approximate surface area is 497 Å². The lowest BCUT2D eigenvalue weighted by Crippen LogP contribution is -2.36. The molecule has 13 atom stereocenters. The zero-order chi connectivity index (χ0) is 61.4. The minimum Gasteiger partial charge on any atom is -0.393 e. The molecule has 6 fully saturated rings. The number of allylic oxidation sites excluding steroid dienone is 12. The van der Waals surface area contributed by atoms with Gasteiger partial charge in [0.05, 0.1) is 30.0 Å². The summed E-state index contributed by atoms with van der Waals surface area (Å²) in [6, 6.07) is 7.43. The highest BCUT2D eigenvalue weighted by Gasteiger charge is 2.51. The number of aliphatic hydroxyl groups is 5. The maximum atomic E-state index is 12.4. The highest BCUT2D eigenvalue weighted by Crippen LogP contribution is 2.61. The molecule has 0 aromatic heterocycles. The van der Waals surface area contributed by atoms with E-state index < -0.39 is 41.8 Å². The minimum atomic E-state index is -0.615. The summed E-state index contributed by atoms with van der Waals surface area (Å²) in [6.45, 7) is 23.2. The molecule has 13 nitrogen and oxygen atoms in total. The maximum Gasteiger partial charge on any atom is 0.267 e. The molecule has 2 amide bonds. The second kappa shape index (κ2) is 31.4. The van der Waals surface area contributed by atoms with E-state index in [1.54, 1.807) is 36.2 Å². The number of benzene rings is 1. The first-order valence-electron chi connectivity index (χ1n) is 30.9. The van der Waals surface area contributed by atoms with Gasteiger partial charge in [-0.2, -0.15) is 0 Å². The minimum absolute atomic E-state index is 0.0182. The molecule has 0 saturated heterocycles. The molecule has 0 aliphatic heterocycles. The van der Waals surface area contributed by atoms with E-state index in [0.29, 0.717) is 72.7 Å². The van der Waals surface area contributed by atoms with Crippen LogP contribution in [0, 0.1) is 52.3 Å². The Hall–Kier alpha value is -4.99. The average Bonchev–Trinajstić information content (AvgIpc) is 4.22. The number of Topliss-reactive ketones (excluding diaryl/α,β-unsaturated/α-hetero) is 1. The number of hydrogen-bond acceptors (Lipinski definition) is 11. The maximum absolute atomic E-state index is 12.4. The summed E-state index contributed by atoms with van der Waals surface area (Å²) < 4.78 is 0. The van der Waals surface area contributed by atoms with Crippen molar-refractivity contribution in [3.05, 3.63) is 136 Å². The van der Waals surface area contributed by atoms with E-state index in [0.717, 1.165) is 58.7 Å². The molecule has 0 bridgehead atoms. The van der Waals surface area contributed by atoms with Gasteiger partial charge < -0.3 is 30.4 Å². The van der Waals surface area contributed by atoms with Crippen molar-refractivity contribution in [2.24, 2.45) is 52.3 Å². The highest BCUT2D eigenvalue weighted by atomic mass is 16.5. The summed E-state index contributed by atoms with van der Waals surface area (Å²) in [5.74, 6) is 2.31. The fraction of sp³-hybridized carbons (Fsp3) is 0.614. The van der Waals surface area contributed by atoms with Crippen LogP contribution in [0.5, 0.6) is 0 Å². The van der Waals surface area contributed by atoms with E-state index in [1.165, 1.54) is 87.4 Å². The monoisotopic (exact) mass is 1150 g/mol. The van der Waals surface area contributed by atoms with E-state index in [-0.39, 0.29) is 17.1 Å². The lowest BCUT2D eigenvalue weighted by Gasteiger charge is -2.44. The number of nitrogens with zero attached hydrogens (tertiary/aromatic N) is 1. The molecule has 9 N–H and O–H groups in total. The van der Waals surface area contributed by atoms with Gasteiger partial charge in [0, 0.05) is 49.8 Å². The van der Waals surface area contributed by atoms with Crippen molar-refractivity contribution in [1.82, 2.24) is 11.0 Å². The van der Waals surface area contributed by atoms with E-state index in [4.69, 9.17) is 10.4 Å². The second-order valence-corrected chi connectivity index (χ2v) is 26.9. The van der Waals surface area contributed by atoms with Gasteiger partial charge >= 0.3 is 0 Å². The molecule has 6 aliphatic carbocycles. The van der Waals surface area contributed by atoms with Crippen LogP contribution in [0.15, 0.2) is 131 Å². The third-order valence-electron chi connectivity index (χ3n) is 19.5. The first-order chi connectivity index (χ1) is 39.1. The zero-order valence-corrected chi connectivity index (χ0v) is 52.2. The quantitative estimate of drug-likeness (QED) is 0.0235. The molecule has 83 heavy (non-hydrogen) atoms. The van der Waals surface area contributed by atoms with Crippen LogP contribution < -0.4 is 15.9 Å². The van der Waals surface area contributed by atoms with Crippen molar-refractivity contribution >= 4 is 23.3 Å². The number of nitrogens with one attached hydrogen (secondary N) is 2. The lowest BCUT2D eigenvalue weighted by atomic mass is 9.60. The lowest BCUT2D eigenvalue weighted by molar-refractivity contribution is -0.124. The number of hydroxylamine groups is 2. The largest absolute Gasteiger partial charge is 0.393 e. The summed E-state index contributed by atoms with van der Waals surface area (Å²) in [6.07, 6.45) is 35.2. The Morgan fingerprint density at radius 3 is 1.75 bits per heavy atom. The molecule has 4 unspecified atom stereocenters. The van der Waals surface area contributed by atoms with Crippen molar-refractivity contribution < 1.29 is 50.3 Å². The van der Waals surface area contributed by atoms with Crippen molar-refractivity contribution in [2.45, 2.75) is 208 Å². The van der Waals surface area contributed by atoms with Crippen molar-refractivity contribution in [2.75, 3.05) is 19.0 Å². The van der Waals surface area contributed by atoms with Gasteiger partial charge in [0.25, 0.3) is 11.8 Å². The normalized spacial score (nSPS) is 31.1. The number of fused-ring (bicyclic) bond motifs is 2. The van der Waals surface area contributed by atoms with Gasteiger partial charge in [-0.3, -0.25) is 24.8 Å². The number of carbonyl (C=O) groups excluding carboxylic acids is 3. The SMILES string of the molecule is C=C1/C(=C\C=C2/CCC[C@@]3(C)C2CCC3[C@H](C)CCCC(C)(C)O)C[C@@H](O)C[C@@H]1O.CC(/C=C/C(=O)NO)=C\[C@@H](C)C(=O)c1ccc(N(C)C)cc1.CC(/C=C/C(=O)NO)=C\[C@@H](C)C1CCC2/C(=C/C=C3C[C@@H](O)C[C@H](O)C3)CCC[C@@]21C. The summed E-state index contributed by atoms with van der Waals surface area (Å²) in [4.78, 5) is 36.5. The summed E-state index contributed by atoms with van der Waals surface area (Å²) in [7, 11) is 3.89. The Bertz CT molecular complexity index is 2600. The molecular formula is C70H105N3O10. The molecule has 0 heterocycles. The van der Waals surface area contributed by atoms with Crippen LogP contribution in [0.2, 0.25) is 0 Å². The number of rotatable bonds is 17. The molecule has 1 aromatic carbocycles. The van der Waals surface area contributed by atoms with Crippen LogP contribution in [0.3, 0.4) is 0 Å². The summed E-state index contributed by atoms with van der Waals surface area (Å²) >= 11 is 0. The van der Waals surface area contributed by atoms with Gasteiger partial charge in [0.2, 0.25) is 0 Å². The van der Waals surface area contributed by atoms with Crippen molar-refractivity contribution in [1.29, 1.82) is 0 Å². The Balaban J connectivity index is 0.000000232. The number of anilines is 1. The van der Waals surface area contributed by atoms with E-state index in [9.17, 15) is 39.9 Å². The van der Waals surface area contributed by atoms with Crippen LogP contribution >= 0.6 is 0 Å². The first kappa shape index (κ1) is 68.8. The van der Waals surface area contributed by atoms with Crippen LogP contribution in [0.4, 0.5) is 5.69 Å². The molecule has 13 heteroatoms. The molecular weight excluding hydrogens is 1040 g/mol. The van der Waals surface area contributed by atoms with Gasteiger partial charge in [-0.1, -0.05) is 131 Å². The standard InChI is InChI=1S/C27H44O3.C26H39NO4.C17H22N2O3/c1-18(8-6-14-26(3,4)30)23-12-13-24-20(9-7-15-27(23,24)5)10-11-21-16-22(28)17-25(29)19(21)2;1-17(6-11-25(30)27-31)13-18(2)23-9-10-24-20(5-4-12-26(23,24)3)8-7-19-14-21(28)16-22(29)15-19;1-12(5-10-16(20)18-22)11-13(2)17(21)14-6-8-15(9-7-14)19(3)4/h10-11,18,22-25,28-30H,2,6-9,12-17H2,1,3-5H3;6-8,11,13,18,21-24,28-29,31H,4-5,9-10,12,14-16H2,1-3H3,(H,27,30);5-11,13,22H,1-4H3,(H,18,20)/b20-10+,21-11-;11-6+,17-13+,20-8+;10-5+,12-11+/t18-,22-,23?,24?,25+,27-;18-,21-,22-,23?,24?,26-;13-/m111/s1. The number of ketones is 1. The Morgan fingerprint density at radius 2 is 1.22 bits per heavy atom. The number of aliphatic hydroxyl groups excluding tert-OH is 4. The van der Waals surface area contributed by atoms with Gasteiger partial charge in [0.15, 0.2) is 5.78 Å². The van der Waals surface area contributed by atoms with Crippen LogP contribution in [-0.2, 0) is 9.59 Å². The molecule has 0 radical (unpaired) electrons. The van der Waals surface area contributed by atoms with Crippen molar-refractivity contribution in [3.63, 3.8) is 0 Å². The van der Waals surface area contributed by atoms with Gasteiger partial charge in [-0.25, -0.2) is 11.0 Å². The highest BCUT2D eigenvalue weighted by molar-refractivity contribution is 5.99. The molecule has 460 valence electrons. The topological polar surface area (TPSA) is 220 Å². The smallest absolute Gasteiger partial charge is 0.267 e. The van der Waals surface area contributed by atoms with Gasteiger partial charge in [-0.05, 0) is 206 Å². The molecule has 6 saturated carbocycles. The third-order valence-corrected chi connectivity index (χ3v) is 19.5. The molecule has 7 rings (SSSR count). The Kier molecular flexibility index (Phi) is 26.0. The number of amides is 2. The van der Waals surface area contributed by atoms with E-state index in [1.807, 2.05) is 71.0 Å². The molecule has 6 aliphatic rings. The predicted octanol–water partition coefficient (Wildman–Crippen LogP) is 12.9. The van der Waals surface area contributed by atoms with E-state index in [2.05, 4.69) is 64.7 Å². The van der Waals surface area contributed by atoms with Crippen LogP contribution in [0.1, 0.15) is 188 Å². The van der Waals surface area contributed by atoms with Crippen LogP contribution in [0.25, 0.3) is 0 Å². The van der Waals surface area contributed by atoms with Crippen LogP contribution in [-0.4, -0.2) is 97.7 Å². The number of carbonyl (C=O) groups is 3. The average molecular weight is 1150 g/mol. The summed E-state index contributed by atoms with van der Waals surface area (Å²) in [5, 5.41) is 67.2. The fourth-order valence-corrected chi connectivity index (χ4v) is 15.2. The second-order valence-electron chi connectivity index (χ2n) is 26.9. The predicted molar refractivity (Wildman–Crippen MR) is 333 cm³/mol. The molecule has 0 spiro atoms. The summed E-state index contributed by atoms with van der Waals surface area (Å²) in [5.41, 5.74) is 12.8. The Morgan fingerprint density at radius 1 is 0.711 bits per heavy atom. The molecule has 1 aromatic rings. The first-order valence-corrected chi connectivity index (χ1v) is 30.9. The van der Waals surface area contributed by atoms with E-state index >= 15 is 0 Å². The zero-order valence-electron chi connectivity index (χ0n) is 52.2. The fourth-order valence-electron chi connectivity index (χ4n) is 15.2. The number of hydrogen-bond donors (Lipinski definition) is 9. The third kappa shape index (κ3) is 19.8. The van der Waals surface area contributed by atoms with Crippen molar-refractivity contribution in [3.8, 4) is 0 Å².